The Kier molecular flexibility index (Phi) is 3.05. The molecule has 1 aliphatic carbocycles. The van der Waals surface area contributed by atoms with Crippen LogP contribution >= 0.6 is 0 Å². The van der Waals surface area contributed by atoms with Gasteiger partial charge in [-0.05, 0) is 43.4 Å². The van der Waals surface area contributed by atoms with Gasteiger partial charge in [0.05, 0.1) is 6.04 Å². The van der Waals surface area contributed by atoms with E-state index >= 15 is 0 Å². The predicted molar refractivity (Wildman–Crippen MR) is 64.5 cm³/mol. The van der Waals surface area contributed by atoms with Crippen LogP contribution in [0.2, 0.25) is 0 Å². The monoisotopic (exact) mass is 253 g/mol. The molecule has 1 saturated carbocycles. The molecule has 0 radical (unpaired) electrons. The number of halogens is 2. The third kappa shape index (κ3) is 2.02. The van der Waals surface area contributed by atoms with Crippen molar-refractivity contribution in [3.8, 4) is 0 Å². The van der Waals surface area contributed by atoms with Crippen LogP contribution < -0.4 is 16.6 Å². The quantitative estimate of drug-likeness (QED) is 0.712. The molecule has 4 unspecified atom stereocenters. The first-order chi connectivity index (χ1) is 8.65. The Balaban J connectivity index is 1.87. The first-order valence-corrected chi connectivity index (χ1v) is 6.37. The van der Waals surface area contributed by atoms with E-state index in [1.807, 2.05) is 0 Å². The normalized spacial score (nSPS) is 35.5. The molecule has 2 fully saturated rings. The standard InChI is InChI=1S/C13H17F2N3/c14-7-1-4-11(15)10(5-7)13-9-3-2-8(16)6-12(9)17-18-13/h1,4-5,8-9,12-13,17-18H,2-3,6,16H2. The molecule has 0 amide bonds. The summed E-state index contributed by atoms with van der Waals surface area (Å²) in [6, 6.07) is 3.91. The molecule has 1 saturated heterocycles. The Morgan fingerprint density at radius 2 is 2.00 bits per heavy atom. The van der Waals surface area contributed by atoms with Crippen LogP contribution in [0.25, 0.3) is 0 Å². The van der Waals surface area contributed by atoms with E-state index in [1.165, 1.54) is 12.1 Å². The molecule has 3 rings (SSSR count). The van der Waals surface area contributed by atoms with Crippen LogP contribution in [0.5, 0.6) is 0 Å². The fourth-order valence-electron chi connectivity index (χ4n) is 3.16. The zero-order chi connectivity index (χ0) is 12.7. The Hall–Kier alpha value is -1.04. The lowest BCUT2D eigenvalue weighted by molar-refractivity contribution is 0.279. The maximum absolute atomic E-state index is 13.8. The Morgan fingerprint density at radius 3 is 2.83 bits per heavy atom. The molecule has 18 heavy (non-hydrogen) atoms. The third-order valence-electron chi connectivity index (χ3n) is 4.09. The van der Waals surface area contributed by atoms with Gasteiger partial charge in [-0.3, -0.25) is 5.43 Å². The van der Waals surface area contributed by atoms with Crippen LogP contribution in [-0.4, -0.2) is 12.1 Å². The van der Waals surface area contributed by atoms with E-state index in [4.69, 9.17) is 5.73 Å². The van der Waals surface area contributed by atoms with Gasteiger partial charge in [-0.25, -0.2) is 14.2 Å². The van der Waals surface area contributed by atoms with Crippen molar-refractivity contribution in [3.05, 3.63) is 35.4 Å². The van der Waals surface area contributed by atoms with Crippen molar-refractivity contribution in [1.82, 2.24) is 10.9 Å². The van der Waals surface area contributed by atoms with Gasteiger partial charge in [0.25, 0.3) is 0 Å². The van der Waals surface area contributed by atoms with E-state index in [0.29, 0.717) is 5.56 Å². The first-order valence-electron chi connectivity index (χ1n) is 6.37. The van der Waals surface area contributed by atoms with Crippen molar-refractivity contribution in [2.75, 3.05) is 0 Å². The number of fused-ring (bicyclic) bond motifs is 1. The Bertz CT molecular complexity index is 452. The summed E-state index contributed by atoms with van der Waals surface area (Å²) in [5, 5.41) is 0. The maximum Gasteiger partial charge on any atom is 0.128 e. The van der Waals surface area contributed by atoms with Gasteiger partial charge in [-0.1, -0.05) is 0 Å². The number of nitrogens with one attached hydrogen (secondary N) is 2. The lowest BCUT2D eigenvalue weighted by Crippen LogP contribution is -2.41. The molecule has 98 valence electrons. The molecule has 4 atom stereocenters. The predicted octanol–water partition coefficient (Wildman–Crippen LogP) is 1.61. The lowest BCUT2D eigenvalue weighted by atomic mass is 9.78. The summed E-state index contributed by atoms with van der Waals surface area (Å²) in [5.74, 6) is -0.475. The Morgan fingerprint density at radius 1 is 1.17 bits per heavy atom. The number of hydrazine groups is 1. The molecule has 1 aromatic rings. The minimum Gasteiger partial charge on any atom is -0.328 e. The van der Waals surface area contributed by atoms with Crippen LogP contribution in [0.3, 0.4) is 0 Å². The average Bonchev–Trinajstić information content (AvgIpc) is 2.75. The van der Waals surface area contributed by atoms with Crippen LogP contribution in [0, 0.1) is 17.6 Å². The number of nitrogens with two attached hydrogens (primary N) is 1. The number of hydrogen-bond acceptors (Lipinski definition) is 3. The summed E-state index contributed by atoms with van der Waals surface area (Å²) in [4.78, 5) is 0. The summed E-state index contributed by atoms with van der Waals surface area (Å²) < 4.78 is 27.0. The van der Waals surface area contributed by atoms with E-state index in [1.54, 1.807) is 0 Å². The Labute approximate surface area is 105 Å². The summed E-state index contributed by atoms with van der Waals surface area (Å²) >= 11 is 0. The van der Waals surface area contributed by atoms with Crippen molar-refractivity contribution in [1.29, 1.82) is 0 Å². The molecule has 5 heteroatoms. The minimum absolute atomic E-state index is 0.168. The van der Waals surface area contributed by atoms with E-state index in [0.717, 1.165) is 25.3 Å². The molecule has 0 spiro atoms. The van der Waals surface area contributed by atoms with Crippen LogP contribution in [0.4, 0.5) is 8.78 Å². The van der Waals surface area contributed by atoms with Gasteiger partial charge < -0.3 is 5.73 Å². The van der Waals surface area contributed by atoms with E-state index in [-0.39, 0.29) is 29.9 Å². The summed E-state index contributed by atoms with van der Waals surface area (Å²) in [7, 11) is 0. The highest BCUT2D eigenvalue weighted by Gasteiger charge is 2.40. The second-order valence-electron chi connectivity index (χ2n) is 5.28. The van der Waals surface area contributed by atoms with Crippen molar-refractivity contribution in [2.24, 2.45) is 11.7 Å². The highest BCUT2D eigenvalue weighted by atomic mass is 19.1. The summed E-state index contributed by atoms with van der Waals surface area (Å²) in [5.41, 5.74) is 12.6. The van der Waals surface area contributed by atoms with Crippen LogP contribution in [-0.2, 0) is 0 Å². The summed E-state index contributed by atoms with van der Waals surface area (Å²) in [6.07, 6.45) is 2.76. The summed E-state index contributed by atoms with van der Waals surface area (Å²) in [6.45, 7) is 0. The molecule has 0 aromatic heterocycles. The van der Waals surface area contributed by atoms with Crippen molar-refractivity contribution in [3.63, 3.8) is 0 Å². The van der Waals surface area contributed by atoms with E-state index in [9.17, 15) is 8.78 Å². The third-order valence-corrected chi connectivity index (χ3v) is 4.09. The molecular formula is C13H17F2N3. The SMILES string of the molecule is NC1CCC2C(C1)NNC2c1cc(F)ccc1F. The maximum atomic E-state index is 13.8. The van der Waals surface area contributed by atoms with Gasteiger partial charge in [0, 0.05) is 17.6 Å². The fourth-order valence-corrected chi connectivity index (χ4v) is 3.16. The molecule has 2 aliphatic rings. The van der Waals surface area contributed by atoms with E-state index < -0.39 is 5.82 Å². The lowest BCUT2D eigenvalue weighted by Gasteiger charge is -2.31. The van der Waals surface area contributed by atoms with Gasteiger partial charge in [-0.15, -0.1) is 0 Å². The number of hydrogen-bond donors (Lipinski definition) is 3. The smallest absolute Gasteiger partial charge is 0.128 e. The largest absolute Gasteiger partial charge is 0.328 e. The van der Waals surface area contributed by atoms with E-state index in [2.05, 4.69) is 10.9 Å². The van der Waals surface area contributed by atoms with Gasteiger partial charge >= 0.3 is 0 Å². The van der Waals surface area contributed by atoms with Gasteiger partial charge in [0.15, 0.2) is 0 Å². The minimum atomic E-state index is -0.399. The highest BCUT2D eigenvalue weighted by molar-refractivity contribution is 5.25. The van der Waals surface area contributed by atoms with Gasteiger partial charge in [-0.2, -0.15) is 0 Å². The molecule has 1 aromatic carbocycles. The van der Waals surface area contributed by atoms with Crippen molar-refractivity contribution >= 4 is 0 Å². The van der Waals surface area contributed by atoms with Gasteiger partial charge in [0.1, 0.15) is 11.6 Å². The number of rotatable bonds is 1. The molecule has 4 N–H and O–H groups in total. The van der Waals surface area contributed by atoms with Gasteiger partial charge in [0.2, 0.25) is 0 Å². The topological polar surface area (TPSA) is 50.1 Å². The highest BCUT2D eigenvalue weighted by Crippen LogP contribution is 2.38. The molecule has 1 aliphatic heterocycles. The van der Waals surface area contributed by atoms with Crippen molar-refractivity contribution in [2.45, 2.75) is 37.4 Å². The fraction of sp³-hybridized carbons (Fsp3) is 0.538. The second-order valence-corrected chi connectivity index (χ2v) is 5.28. The molecule has 0 bridgehead atoms. The van der Waals surface area contributed by atoms with Crippen LogP contribution in [0.15, 0.2) is 18.2 Å². The molecular weight excluding hydrogens is 236 g/mol. The number of benzene rings is 1. The molecule has 1 heterocycles. The molecule has 3 nitrogen and oxygen atoms in total. The zero-order valence-corrected chi connectivity index (χ0v) is 10.00. The van der Waals surface area contributed by atoms with Crippen molar-refractivity contribution < 1.29 is 8.78 Å². The second kappa shape index (κ2) is 4.57. The average molecular weight is 253 g/mol. The van der Waals surface area contributed by atoms with Crippen LogP contribution in [0.1, 0.15) is 30.9 Å². The zero-order valence-electron chi connectivity index (χ0n) is 10.00. The first kappa shape index (κ1) is 12.0.